The molecule has 0 atom stereocenters. The number of sulfonamides is 1. The van der Waals surface area contributed by atoms with Crippen molar-refractivity contribution < 1.29 is 27.2 Å². The molecule has 0 aliphatic carbocycles. The molecule has 2 aromatic carbocycles. The summed E-state index contributed by atoms with van der Waals surface area (Å²) in [4.78, 5) is 26.7. The Kier molecular flexibility index (Phi) is 6.47. The van der Waals surface area contributed by atoms with Crippen LogP contribution in [-0.4, -0.2) is 62.7 Å². The van der Waals surface area contributed by atoms with Crippen molar-refractivity contribution in [2.24, 2.45) is 0 Å². The smallest absolute Gasteiger partial charge is 0.291 e. The standard InChI is InChI=1S/C23H23N3O6S/c1-31-19-8-10-20(11-9-19)33(29,30)26-14-12-25(13-15-26)23(28)17-4-6-18(7-5-17)24-22(27)21-3-2-16-32-21/h2-11,16H,12-15H2,1H3,(H,24,27). The van der Waals surface area contributed by atoms with E-state index in [0.717, 1.165) is 0 Å². The molecule has 0 bridgehead atoms. The van der Waals surface area contributed by atoms with Gasteiger partial charge in [-0.25, -0.2) is 8.42 Å². The minimum Gasteiger partial charge on any atom is -0.497 e. The van der Waals surface area contributed by atoms with Gasteiger partial charge in [-0.3, -0.25) is 9.59 Å². The van der Waals surface area contributed by atoms with Gasteiger partial charge in [-0.15, -0.1) is 0 Å². The number of nitrogens with zero attached hydrogens (tertiary/aromatic N) is 2. The van der Waals surface area contributed by atoms with Crippen molar-refractivity contribution >= 4 is 27.5 Å². The number of ether oxygens (including phenoxy) is 1. The van der Waals surface area contributed by atoms with E-state index in [2.05, 4.69) is 5.32 Å². The molecule has 10 heteroatoms. The van der Waals surface area contributed by atoms with E-state index in [-0.39, 0.29) is 48.6 Å². The van der Waals surface area contributed by atoms with E-state index in [1.165, 1.54) is 29.8 Å². The Balaban J connectivity index is 1.35. The van der Waals surface area contributed by atoms with Gasteiger partial charge >= 0.3 is 0 Å². The first kappa shape index (κ1) is 22.6. The number of nitrogens with one attached hydrogen (secondary N) is 1. The Morgan fingerprint density at radius 3 is 2.18 bits per heavy atom. The number of methoxy groups -OCH3 is 1. The van der Waals surface area contributed by atoms with Gasteiger partial charge in [0.15, 0.2) is 5.76 Å². The molecular weight excluding hydrogens is 446 g/mol. The van der Waals surface area contributed by atoms with Crippen LogP contribution >= 0.6 is 0 Å². The number of furan rings is 1. The molecule has 0 unspecified atom stereocenters. The summed E-state index contributed by atoms with van der Waals surface area (Å²) in [5.41, 5.74) is 0.987. The normalized spacial score (nSPS) is 14.6. The molecule has 4 rings (SSSR count). The molecule has 1 saturated heterocycles. The summed E-state index contributed by atoms with van der Waals surface area (Å²) < 4.78 is 37.3. The maximum atomic E-state index is 12.9. The monoisotopic (exact) mass is 469 g/mol. The van der Waals surface area contributed by atoms with Gasteiger partial charge in [0.25, 0.3) is 11.8 Å². The van der Waals surface area contributed by atoms with E-state index in [4.69, 9.17) is 9.15 Å². The van der Waals surface area contributed by atoms with E-state index < -0.39 is 10.0 Å². The van der Waals surface area contributed by atoms with E-state index in [1.54, 1.807) is 53.4 Å². The van der Waals surface area contributed by atoms with Gasteiger partial charge < -0.3 is 19.4 Å². The predicted octanol–water partition coefficient (Wildman–Crippen LogP) is 2.69. The average molecular weight is 470 g/mol. The summed E-state index contributed by atoms with van der Waals surface area (Å²) in [5, 5.41) is 2.70. The molecule has 2 heterocycles. The van der Waals surface area contributed by atoms with Crippen LogP contribution in [-0.2, 0) is 10.0 Å². The summed E-state index contributed by atoms with van der Waals surface area (Å²) in [6, 6.07) is 15.9. The third kappa shape index (κ3) is 4.91. The molecule has 1 aliphatic heterocycles. The van der Waals surface area contributed by atoms with Crippen molar-refractivity contribution in [3.8, 4) is 5.75 Å². The van der Waals surface area contributed by atoms with Crippen molar-refractivity contribution in [1.82, 2.24) is 9.21 Å². The van der Waals surface area contributed by atoms with Crippen molar-refractivity contribution in [3.05, 3.63) is 78.3 Å². The van der Waals surface area contributed by atoms with E-state index in [0.29, 0.717) is 17.0 Å². The molecule has 172 valence electrons. The van der Waals surface area contributed by atoms with Crippen LogP contribution in [0.4, 0.5) is 5.69 Å². The van der Waals surface area contributed by atoms with Crippen LogP contribution in [0.25, 0.3) is 0 Å². The highest BCUT2D eigenvalue weighted by atomic mass is 32.2. The van der Waals surface area contributed by atoms with Crippen LogP contribution < -0.4 is 10.1 Å². The molecular formula is C23H23N3O6S. The number of hydrogen-bond donors (Lipinski definition) is 1. The van der Waals surface area contributed by atoms with Gasteiger partial charge in [0, 0.05) is 37.4 Å². The Morgan fingerprint density at radius 2 is 1.61 bits per heavy atom. The molecule has 1 aromatic heterocycles. The molecule has 2 amide bonds. The van der Waals surface area contributed by atoms with Crippen molar-refractivity contribution in [1.29, 1.82) is 0 Å². The number of piperazine rings is 1. The third-order valence-electron chi connectivity index (χ3n) is 5.36. The van der Waals surface area contributed by atoms with Crippen molar-refractivity contribution in [3.63, 3.8) is 0 Å². The first-order valence-corrected chi connectivity index (χ1v) is 11.7. The zero-order chi connectivity index (χ0) is 23.4. The molecule has 1 N–H and O–H groups in total. The Labute approximate surface area is 191 Å². The van der Waals surface area contributed by atoms with Gasteiger partial charge in [-0.05, 0) is 60.7 Å². The molecule has 1 aliphatic rings. The number of benzene rings is 2. The van der Waals surface area contributed by atoms with E-state index in [1.807, 2.05) is 0 Å². The predicted molar refractivity (Wildman–Crippen MR) is 121 cm³/mol. The van der Waals surface area contributed by atoms with Crippen LogP contribution in [0.3, 0.4) is 0 Å². The fourth-order valence-electron chi connectivity index (χ4n) is 3.51. The molecule has 0 saturated carbocycles. The third-order valence-corrected chi connectivity index (χ3v) is 7.27. The number of anilines is 1. The topological polar surface area (TPSA) is 109 Å². The first-order chi connectivity index (χ1) is 15.9. The molecule has 1 fully saturated rings. The fourth-order valence-corrected chi connectivity index (χ4v) is 4.93. The summed E-state index contributed by atoms with van der Waals surface area (Å²) in [5.74, 6) is 0.196. The fraction of sp³-hybridized carbons (Fsp3) is 0.217. The van der Waals surface area contributed by atoms with Crippen LogP contribution in [0.1, 0.15) is 20.9 Å². The van der Waals surface area contributed by atoms with Crippen LogP contribution in [0.5, 0.6) is 5.75 Å². The number of hydrogen-bond acceptors (Lipinski definition) is 6. The molecule has 3 aromatic rings. The Morgan fingerprint density at radius 1 is 0.939 bits per heavy atom. The lowest BCUT2D eigenvalue weighted by Crippen LogP contribution is -2.50. The van der Waals surface area contributed by atoms with E-state index in [9.17, 15) is 18.0 Å². The number of carbonyl (C=O) groups excluding carboxylic acids is 2. The van der Waals surface area contributed by atoms with Gasteiger partial charge in [0.2, 0.25) is 10.0 Å². The highest BCUT2D eigenvalue weighted by molar-refractivity contribution is 7.89. The average Bonchev–Trinajstić information content (AvgIpc) is 3.39. The zero-order valence-electron chi connectivity index (χ0n) is 17.9. The SMILES string of the molecule is COc1ccc(S(=O)(=O)N2CCN(C(=O)c3ccc(NC(=O)c4ccco4)cc3)CC2)cc1. The van der Waals surface area contributed by atoms with Crippen LogP contribution in [0, 0.1) is 0 Å². The maximum Gasteiger partial charge on any atom is 0.291 e. The molecule has 0 spiro atoms. The van der Waals surface area contributed by atoms with Crippen LogP contribution in [0.2, 0.25) is 0 Å². The van der Waals surface area contributed by atoms with Gasteiger partial charge in [-0.2, -0.15) is 4.31 Å². The number of rotatable bonds is 6. The highest BCUT2D eigenvalue weighted by Gasteiger charge is 2.30. The summed E-state index contributed by atoms with van der Waals surface area (Å²) in [6.07, 6.45) is 1.42. The van der Waals surface area contributed by atoms with Gasteiger partial charge in [0.05, 0.1) is 18.3 Å². The lowest BCUT2D eigenvalue weighted by molar-refractivity contribution is 0.0698. The van der Waals surface area contributed by atoms with Crippen molar-refractivity contribution in [2.45, 2.75) is 4.90 Å². The lowest BCUT2D eigenvalue weighted by Gasteiger charge is -2.34. The quantitative estimate of drug-likeness (QED) is 0.595. The van der Waals surface area contributed by atoms with Crippen LogP contribution in [0.15, 0.2) is 76.2 Å². The zero-order valence-corrected chi connectivity index (χ0v) is 18.7. The minimum atomic E-state index is -3.64. The minimum absolute atomic E-state index is 0.190. The first-order valence-electron chi connectivity index (χ1n) is 10.3. The number of amides is 2. The molecule has 0 radical (unpaired) electrons. The van der Waals surface area contributed by atoms with Crippen molar-refractivity contribution in [2.75, 3.05) is 38.6 Å². The largest absolute Gasteiger partial charge is 0.497 e. The summed E-state index contributed by atoms with van der Waals surface area (Å²) in [6.45, 7) is 0.977. The maximum absolute atomic E-state index is 12.9. The number of carbonyl (C=O) groups is 2. The second-order valence-electron chi connectivity index (χ2n) is 7.38. The second-order valence-corrected chi connectivity index (χ2v) is 9.32. The van der Waals surface area contributed by atoms with E-state index >= 15 is 0 Å². The Bertz CT molecular complexity index is 1210. The lowest BCUT2D eigenvalue weighted by atomic mass is 10.1. The summed E-state index contributed by atoms with van der Waals surface area (Å²) >= 11 is 0. The van der Waals surface area contributed by atoms with Gasteiger partial charge in [0.1, 0.15) is 5.75 Å². The second kappa shape index (κ2) is 9.47. The highest BCUT2D eigenvalue weighted by Crippen LogP contribution is 2.21. The Hall–Kier alpha value is -3.63. The molecule has 9 nitrogen and oxygen atoms in total. The summed E-state index contributed by atoms with van der Waals surface area (Å²) in [7, 11) is -2.13. The van der Waals surface area contributed by atoms with Gasteiger partial charge in [-0.1, -0.05) is 0 Å². The molecule has 33 heavy (non-hydrogen) atoms.